The Bertz CT molecular complexity index is 966. The summed E-state index contributed by atoms with van der Waals surface area (Å²) >= 11 is 0. The Morgan fingerprint density at radius 1 is 1.00 bits per heavy atom. The van der Waals surface area contributed by atoms with Crippen molar-refractivity contribution in [2.24, 2.45) is 0 Å². The zero-order valence-corrected chi connectivity index (χ0v) is 14.4. The highest BCUT2D eigenvalue weighted by Gasteiger charge is 2.40. The Morgan fingerprint density at radius 3 is 2.56 bits per heavy atom. The van der Waals surface area contributed by atoms with Gasteiger partial charge in [-0.25, -0.2) is 0 Å². The Balaban J connectivity index is 1.21. The molecule has 1 amide bonds. The Hall–Kier alpha value is -3.35. The van der Waals surface area contributed by atoms with Gasteiger partial charge in [-0.15, -0.1) is 0 Å². The minimum absolute atomic E-state index is 0.0516. The minimum atomic E-state index is -0.622. The summed E-state index contributed by atoms with van der Waals surface area (Å²) in [6.45, 7) is 1.29. The maximum absolute atomic E-state index is 12.6. The lowest BCUT2D eigenvalue weighted by molar-refractivity contribution is -0.146. The molecule has 1 unspecified atom stereocenters. The van der Waals surface area contributed by atoms with Crippen molar-refractivity contribution in [3.63, 3.8) is 0 Å². The summed E-state index contributed by atoms with van der Waals surface area (Å²) < 4.78 is 16.8. The van der Waals surface area contributed by atoms with E-state index in [1.807, 2.05) is 48.5 Å². The highest BCUT2D eigenvalue weighted by Crippen LogP contribution is 2.33. The van der Waals surface area contributed by atoms with Gasteiger partial charge in [0.15, 0.2) is 11.5 Å². The first-order valence-corrected chi connectivity index (χ1v) is 8.84. The first kappa shape index (κ1) is 15.9. The fourth-order valence-corrected chi connectivity index (χ4v) is 3.27. The molecule has 2 aliphatic rings. The highest BCUT2D eigenvalue weighted by atomic mass is 16.6. The summed E-state index contributed by atoms with van der Waals surface area (Å²) in [7, 11) is 0. The largest absolute Gasteiger partial charge is 0.485 e. The molecule has 2 aliphatic heterocycles. The maximum Gasteiger partial charge on any atom is 0.267 e. The number of hydrogen-bond donors (Lipinski definition) is 0. The van der Waals surface area contributed by atoms with Crippen LogP contribution in [0.3, 0.4) is 0 Å². The fraction of sp³-hybridized carbons (Fsp3) is 0.250. The topological polar surface area (TPSA) is 77.7 Å². The number of para-hydroxylation sites is 2. The first-order valence-electron chi connectivity index (χ1n) is 8.84. The van der Waals surface area contributed by atoms with Gasteiger partial charge >= 0.3 is 0 Å². The third kappa shape index (κ3) is 2.91. The second-order valence-electron chi connectivity index (χ2n) is 6.63. The van der Waals surface area contributed by atoms with Gasteiger partial charge in [-0.3, -0.25) is 4.79 Å². The van der Waals surface area contributed by atoms with E-state index in [-0.39, 0.29) is 18.4 Å². The number of hydrogen-bond acceptors (Lipinski definition) is 6. The van der Waals surface area contributed by atoms with Gasteiger partial charge < -0.3 is 18.9 Å². The van der Waals surface area contributed by atoms with E-state index in [1.165, 1.54) is 0 Å². The van der Waals surface area contributed by atoms with Crippen molar-refractivity contribution >= 4 is 5.91 Å². The quantitative estimate of drug-likeness (QED) is 0.712. The zero-order chi connectivity index (χ0) is 18.2. The molecule has 0 saturated carbocycles. The summed E-state index contributed by atoms with van der Waals surface area (Å²) in [5.41, 5.74) is 0.908. The molecule has 136 valence electrons. The molecule has 0 spiro atoms. The normalized spacial score (nSPS) is 18.8. The van der Waals surface area contributed by atoms with Gasteiger partial charge in [0.05, 0.1) is 5.92 Å². The number of carbonyl (C=O) groups excluding carboxylic acids is 1. The molecule has 0 aliphatic carbocycles. The summed E-state index contributed by atoms with van der Waals surface area (Å²) in [4.78, 5) is 18.9. The standard InChI is InChI=1S/C20H17N3O4/c24-20(17-12-25-15-8-4-5-9-16(15)26-17)23-10-14(11-23)19-21-18(22-27-19)13-6-2-1-3-7-13/h1-9,14,17H,10-12H2. The molecule has 0 bridgehead atoms. The second kappa shape index (κ2) is 6.42. The zero-order valence-electron chi connectivity index (χ0n) is 14.4. The van der Waals surface area contributed by atoms with Gasteiger partial charge in [-0.2, -0.15) is 4.98 Å². The summed E-state index contributed by atoms with van der Waals surface area (Å²) in [5, 5.41) is 4.04. The molecule has 0 radical (unpaired) electrons. The van der Waals surface area contributed by atoms with Crippen molar-refractivity contribution in [1.29, 1.82) is 0 Å². The molecule has 1 fully saturated rings. The van der Waals surface area contributed by atoms with Gasteiger partial charge in [-0.1, -0.05) is 47.6 Å². The number of likely N-dealkylation sites (tertiary alicyclic amines) is 1. The number of benzene rings is 2. The lowest BCUT2D eigenvalue weighted by Crippen LogP contribution is -2.55. The van der Waals surface area contributed by atoms with Crippen molar-refractivity contribution in [3.8, 4) is 22.9 Å². The molecule has 1 aromatic heterocycles. The Kier molecular flexibility index (Phi) is 3.78. The van der Waals surface area contributed by atoms with Gasteiger partial charge in [0.25, 0.3) is 5.91 Å². The molecule has 1 saturated heterocycles. The minimum Gasteiger partial charge on any atom is -0.485 e. The number of aromatic nitrogens is 2. The van der Waals surface area contributed by atoms with Crippen LogP contribution in [0.25, 0.3) is 11.4 Å². The van der Waals surface area contributed by atoms with Crippen LogP contribution in [0.5, 0.6) is 11.5 Å². The molecule has 7 nitrogen and oxygen atoms in total. The average molecular weight is 363 g/mol. The van der Waals surface area contributed by atoms with Crippen LogP contribution < -0.4 is 9.47 Å². The van der Waals surface area contributed by atoms with Crippen molar-refractivity contribution in [3.05, 3.63) is 60.5 Å². The predicted octanol–water partition coefficient (Wildman–Crippen LogP) is 2.50. The van der Waals surface area contributed by atoms with Crippen LogP contribution in [0.15, 0.2) is 59.1 Å². The number of carbonyl (C=O) groups is 1. The van der Waals surface area contributed by atoms with E-state index in [0.717, 1.165) is 5.56 Å². The number of fused-ring (bicyclic) bond motifs is 1. The van der Waals surface area contributed by atoms with E-state index in [2.05, 4.69) is 10.1 Å². The number of rotatable bonds is 3. The SMILES string of the molecule is O=C(C1COc2ccccc2O1)N1CC(c2nc(-c3ccccc3)no2)C1. The first-order chi connectivity index (χ1) is 13.3. The van der Waals surface area contributed by atoms with E-state index < -0.39 is 6.10 Å². The molecule has 7 heteroatoms. The number of amides is 1. The van der Waals surface area contributed by atoms with Crippen LogP contribution in [0.1, 0.15) is 11.8 Å². The van der Waals surface area contributed by atoms with Crippen LogP contribution in [0.2, 0.25) is 0 Å². The smallest absolute Gasteiger partial charge is 0.267 e. The second-order valence-corrected chi connectivity index (χ2v) is 6.63. The van der Waals surface area contributed by atoms with Crippen LogP contribution >= 0.6 is 0 Å². The molecule has 3 aromatic rings. The molecule has 1 atom stereocenters. The predicted molar refractivity (Wildman–Crippen MR) is 95.4 cm³/mol. The highest BCUT2D eigenvalue weighted by molar-refractivity contribution is 5.83. The fourth-order valence-electron chi connectivity index (χ4n) is 3.27. The van der Waals surface area contributed by atoms with E-state index in [9.17, 15) is 4.79 Å². The average Bonchev–Trinajstić information content (AvgIpc) is 3.17. The maximum atomic E-state index is 12.6. The van der Waals surface area contributed by atoms with E-state index in [1.54, 1.807) is 11.0 Å². The van der Waals surface area contributed by atoms with Crippen molar-refractivity contribution in [2.45, 2.75) is 12.0 Å². The van der Waals surface area contributed by atoms with Gasteiger partial charge in [0.2, 0.25) is 17.8 Å². The third-order valence-corrected chi connectivity index (χ3v) is 4.80. The van der Waals surface area contributed by atoms with Gasteiger partial charge in [0.1, 0.15) is 6.61 Å². The molecular formula is C20H17N3O4. The summed E-state index contributed by atoms with van der Waals surface area (Å²) in [5.74, 6) is 2.37. The van der Waals surface area contributed by atoms with Crippen LogP contribution in [-0.4, -0.2) is 46.7 Å². The lowest BCUT2D eigenvalue weighted by atomic mass is 9.99. The van der Waals surface area contributed by atoms with Gasteiger partial charge in [0, 0.05) is 18.7 Å². The Labute approximate surface area is 155 Å². The molecule has 2 aromatic carbocycles. The summed E-state index contributed by atoms with van der Waals surface area (Å²) in [6, 6.07) is 17.0. The summed E-state index contributed by atoms with van der Waals surface area (Å²) in [6.07, 6.45) is -0.622. The molecule has 27 heavy (non-hydrogen) atoms. The van der Waals surface area contributed by atoms with Crippen LogP contribution in [-0.2, 0) is 4.79 Å². The number of ether oxygens (including phenoxy) is 2. The van der Waals surface area contributed by atoms with Crippen molar-refractivity contribution < 1.29 is 18.8 Å². The van der Waals surface area contributed by atoms with Crippen molar-refractivity contribution in [2.75, 3.05) is 19.7 Å². The molecule has 0 N–H and O–H groups in total. The molecule has 5 rings (SSSR count). The van der Waals surface area contributed by atoms with Gasteiger partial charge in [-0.05, 0) is 12.1 Å². The van der Waals surface area contributed by atoms with Crippen LogP contribution in [0, 0.1) is 0 Å². The monoisotopic (exact) mass is 363 g/mol. The van der Waals surface area contributed by atoms with Crippen molar-refractivity contribution in [1.82, 2.24) is 15.0 Å². The van der Waals surface area contributed by atoms with E-state index in [4.69, 9.17) is 14.0 Å². The lowest BCUT2D eigenvalue weighted by Gasteiger charge is -2.39. The van der Waals surface area contributed by atoms with E-state index in [0.29, 0.717) is 36.3 Å². The Morgan fingerprint density at radius 2 is 1.74 bits per heavy atom. The van der Waals surface area contributed by atoms with E-state index >= 15 is 0 Å². The molecular weight excluding hydrogens is 346 g/mol. The third-order valence-electron chi connectivity index (χ3n) is 4.80. The molecule has 3 heterocycles. The number of nitrogens with zero attached hydrogens (tertiary/aromatic N) is 3. The van der Waals surface area contributed by atoms with Crippen LogP contribution in [0.4, 0.5) is 0 Å².